The van der Waals surface area contributed by atoms with E-state index in [2.05, 4.69) is 18.8 Å². The van der Waals surface area contributed by atoms with Crippen LogP contribution in [-0.4, -0.2) is 10.8 Å². The minimum absolute atomic E-state index is 0. The number of aromatic nitrogens is 1. The smallest absolute Gasteiger partial charge is 0.188 e. The van der Waals surface area contributed by atoms with Crippen molar-refractivity contribution >= 4 is 17.1 Å². The number of carbonyl (C=O) groups excluding carboxylic acids is 1. The number of hydrogen-bond donors (Lipinski definition) is 0. The third-order valence-corrected chi connectivity index (χ3v) is 2.38. The quantitative estimate of drug-likeness (QED) is 0.640. The number of hydrogen-bond acceptors (Lipinski definition) is 3. The molecule has 0 saturated carbocycles. The van der Waals surface area contributed by atoms with E-state index in [1.54, 1.807) is 6.92 Å². The van der Waals surface area contributed by atoms with E-state index < -0.39 is 0 Å². The monoisotopic (exact) mass is 171 g/mol. The van der Waals surface area contributed by atoms with Gasteiger partial charge in [0, 0.05) is 13.7 Å². The second kappa shape index (κ2) is 3.13. The molecular formula is C8H13NOS. The molecule has 0 amide bonds. The summed E-state index contributed by atoms with van der Waals surface area (Å²) in [5, 5.41) is 2.57. The van der Waals surface area contributed by atoms with Gasteiger partial charge in [-0.15, -0.1) is 11.3 Å². The fourth-order valence-corrected chi connectivity index (χ4v) is 1.59. The molecule has 0 saturated heterocycles. The van der Waals surface area contributed by atoms with Gasteiger partial charge in [-0.1, -0.05) is 13.8 Å². The highest BCUT2D eigenvalue weighted by atomic mass is 32.1. The Balaban J connectivity index is 0.00000121. The Morgan fingerprint density at radius 3 is 2.64 bits per heavy atom. The van der Waals surface area contributed by atoms with Gasteiger partial charge in [0.15, 0.2) is 10.8 Å². The molecule has 0 fully saturated rings. The maximum Gasteiger partial charge on any atom is 0.188 e. The molecule has 1 aromatic rings. The van der Waals surface area contributed by atoms with E-state index in [0.717, 1.165) is 5.69 Å². The summed E-state index contributed by atoms with van der Waals surface area (Å²) in [6.45, 7) is 5.68. The lowest BCUT2D eigenvalue weighted by atomic mass is 10.2. The van der Waals surface area contributed by atoms with Crippen molar-refractivity contribution in [2.45, 2.75) is 26.7 Å². The number of rotatable bonds is 2. The van der Waals surface area contributed by atoms with Crippen LogP contribution < -0.4 is 0 Å². The van der Waals surface area contributed by atoms with Gasteiger partial charge in [0.2, 0.25) is 0 Å². The van der Waals surface area contributed by atoms with Crippen molar-refractivity contribution in [3.05, 3.63) is 16.1 Å². The molecule has 11 heavy (non-hydrogen) atoms. The lowest BCUT2D eigenvalue weighted by Gasteiger charge is -1.95. The Hall–Kier alpha value is -0.700. The molecule has 1 heterocycles. The van der Waals surface area contributed by atoms with Crippen LogP contribution in [0.1, 0.15) is 43.6 Å². The average Bonchev–Trinajstić information content (AvgIpc) is 2.33. The Bertz CT molecular complexity index is 270. The molecule has 0 atom stereocenters. The summed E-state index contributed by atoms with van der Waals surface area (Å²) in [5.74, 6) is 0.473. The average molecular weight is 171 g/mol. The van der Waals surface area contributed by atoms with Crippen molar-refractivity contribution in [1.29, 1.82) is 0 Å². The third kappa shape index (κ3) is 1.87. The Morgan fingerprint density at radius 2 is 2.36 bits per heavy atom. The molecule has 0 aliphatic carbocycles. The molecule has 0 spiro atoms. The first-order valence-electron chi connectivity index (χ1n) is 3.57. The standard InChI is InChI=1S/C8H11NOS.H2/c1-5(2)7-4-11-8(9-7)6(3)10;/h4-5H,1-3H3;1H. The van der Waals surface area contributed by atoms with Gasteiger partial charge in [-0.3, -0.25) is 4.79 Å². The maximum absolute atomic E-state index is 10.8. The number of carbonyl (C=O) groups is 1. The molecule has 0 aliphatic rings. The molecule has 62 valence electrons. The molecule has 0 bridgehead atoms. The Morgan fingerprint density at radius 1 is 1.73 bits per heavy atom. The summed E-state index contributed by atoms with van der Waals surface area (Å²) in [5.41, 5.74) is 1.01. The van der Waals surface area contributed by atoms with Crippen molar-refractivity contribution in [2.75, 3.05) is 0 Å². The van der Waals surface area contributed by atoms with Gasteiger partial charge in [0.05, 0.1) is 5.69 Å². The van der Waals surface area contributed by atoms with Crippen LogP contribution in [-0.2, 0) is 0 Å². The minimum Gasteiger partial charge on any atom is -0.292 e. The fraction of sp³-hybridized carbons (Fsp3) is 0.500. The SMILES string of the molecule is CC(=O)c1nc(C(C)C)cs1.[HH]. The topological polar surface area (TPSA) is 30.0 Å². The Kier molecular flexibility index (Phi) is 2.39. The predicted octanol–water partition coefficient (Wildman–Crippen LogP) is 2.72. The largest absolute Gasteiger partial charge is 0.292 e. The summed E-state index contributed by atoms with van der Waals surface area (Å²) < 4.78 is 0. The van der Waals surface area contributed by atoms with Crippen LogP contribution in [0.25, 0.3) is 0 Å². The maximum atomic E-state index is 10.8. The normalized spacial score (nSPS) is 10.5. The van der Waals surface area contributed by atoms with Gasteiger partial charge in [-0.25, -0.2) is 4.98 Å². The van der Waals surface area contributed by atoms with Crippen LogP contribution in [0.3, 0.4) is 0 Å². The zero-order valence-electron chi connectivity index (χ0n) is 6.92. The third-order valence-electron chi connectivity index (χ3n) is 1.41. The summed E-state index contributed by atoms with van der Waals surface area (Å²) in [7, 11) is 0. The van der Waals surface area contributed by atoms with E-state index in [9.17, 15) is 4.79 Å². The van der Waals surface area contributed by atoms with E-state index in [4.69, 9.17) is 0 Å². The number of ketones is 1. The lowest BCUT2D eigenvalue weighted by molar-refractivity contribution is 0.101. The van der Waals surface area contributed by atoms with Crippen molar-refractivity contribution in [1.82, 2.24) is 4.98 Å². The first-order valence-corrected chi connectivity index (χ1v) is 4.45. The van der Waals surface area contributed by atoms with Gasteiger partial charge in [0.25, 0.3) is 0 Å². The van der Waals surface area contributed by atoms with Gasteiger partial charge in [0.1, 0.15) is 0 Å². The summed E-state index contributed by atoms with van der Waals surface area (Å²) in [4.78, 5) is 15.0. The molecule has 0 aromatic carbocycles. The molecule has 0 aliphatic heterocycles. The van der Waals surface area contributed by atoms with Crippen LogP contribution in [0.15, 0.2) is 5.38 Å². The highest BCUT2D eigenvalue weighted by Gasteiger charge is 2.07. The molecule has 1 rings (SSSR count). The summed E-state index contributed by atoms with van der Waals surface area (Å²) in [6.07, 6.45) is 0. The lowest BCUT2D eigenvalue weighted by Crippen LogP contribution is -1.92. The highest BCUT2D eigenvalue weighted by molar-refractivity contribution is 7.11. The molecule has 3 heteroatoms. The molecular weight excluding hydrogens is 158 g/mol. The Labute approximate surface area is 71.8 Å². The molecule has 1 aromatic heterocycles. The van der Waals surface area contributed by atoms with Crippen LogP contribution in [0, 0.1) is 0 Å². The second-order valence-corrected chi connectivity index (χ2v) is 3.65. The summed E-state index contributed by atoms with van der Waals surface area (Å²) in [6, 6.07) is 0. The van der Waals surface area contributed by atoms with Gasteiger partial charge < -0.3 is 0 Å². The zero-order valence-corrected chi connectivity index (χ0v) is 7.73. The molecule has 0 radical (unpaired) electrons. The highest BCUT2D eigenvalue weighted by Crippen LogP contribution is 2.17. The molecule has 0 unspecified atom stereocenters. The van der Waals surface area contributed by atoms with E-state index in [1.807, 2.05) is 5.38 Å². The minimum atomic E-state index is 0. The van der Waals surface area contributed by atoms with Gasteiger partial charge in [-0.05, 0) is 5.92 Å². The molecule has 0 N–H and O–H groups in total. The van der Waals surface area contributed by atoms with Crippen molar-refractivity contribution in [3.8, 4) is 0 Å². The first kappa shape index (κ1) is 8.40. The van der Waals surface area contributed by atoms with E-state index >= 15 is 0 Å². The van der Waals surface area contributed by atoms with Crippen LogP contribution >= 0.6 is 11.3 Å². The van der Waals surface area contributed by atoms with Gasteiger partial charge >= 0.3 is 0 Å². The van der Waals surface area contributed by atoms with Crippen LogP contribution in [0.5, 0.6) is 0 Å². The van der Waals surface area contributed by atoms with E-state index in [1.165, 1.54) is 11.3 Å². The number of nitrogens with zero attached hydrogens (tertiary/aromatic N) is 1. The summed E-state index contributed by atoms with van der Waals surface area (Å²) >= 11 is 1.43. The van der Waals surface area contributed by atoms with E-state index in [-0.39, 0.29) is 7.21 Å². The first-order chi connectivity index (χ1) is 5.11. The van der Waals surface area contributed by atoms with Crippen molar-refractivity contribution in [3.63, 3.8) is 0 Å². The molecule has 2 nitrogen and oxygen atoms in total. The van der Waals surface area contributed by atoms with Crippen LogP contribution in [0.2, 0.25) is 0 Å². The predicted molar refractivity (Wildman–Crippen MR) is 48.3 cm³/mol. The van der Waals surface area contributed by atoms with E-state index in [0.29, 0.717) is 10.9 Å². The fourth-order valence-electron chi connectivity index (χ4n) is 0.713. The number of thiazole rings is 1. The zero-order chi connectivity index (χ0) is 8.43. The number of Topliss-reactive ketones (excluding diaryl/α,β-unsaturated/α-hetero) is 1. The van der Waals surface area contributed by atoms with Crippen LogP contribution in [0.4, 0.5) is 0 Å². The second-order valence-electron chi connectivity index (χ2n) is 2.79. The van der Waals surface area contributed by atoms with Crippen molar-refractivity contribution in [2.24, 2.45) is 0 Å². The van der Waals surface area contributed by atoms with Gasteiger partial charge in [-0.2, -0.15) is 0 Å². The van der Waals surface area contributed by atoms with Crippen molar-refractivity contribution < 1.29 is 6.22 Å².